The van der Waals surface area contributed by atoms with Crippen molar-refractivity contribution in [3.8, 4) is 5.75 Å². The van der Waals surface area contributed by atoms with Gasteiger partial charge in [0, 0.05) is 5.56 Å². The largest absolute Gasteiger partial charge is 0.423 e. The van der Waals surface area contributed by atoms with Crippen molar-refractivity contribution in [3.05, 3.63) is 113 Å². The van der Waals surface area contributed by atoms with Gasteiger partial charge in [0.05, 0.1) is 11.8 Å². The van der Waals surface area contributed by atoms with Crippen LogP contribution in [0.4, 0.5) is 0 Å². The second-order valence-electron chi connectivity index (χ2n) is 7.05. The Kier molecular flexibility index (Phi) is 5.85. The zero-order valence-electron chi connectivity index (χ0n) is 16.9. The van der Waals surface area contributed by atoms with E-state index in [1.54, 1.807) is 42.5 Å². The third-order valence-electron chi connectivity index (χ3n) is 4.76. The van der Waals surface area contributed by atoms with Crippen LogP contribution in [0, 0.1) is 6.92 Å². The number of ether oxygens (including phenoxy) is 1. The Balaban J connectivity index is 1.39. The molecular weight excluding hydrogens is 388 g/mol. The second-order valence-corrected chi connectivity index (χ2v) is 7.05. The summed E-state index contributed by atoms with van der Waals surface area (Å²) < 4.78 is 5.52. The predicted octanol–water partition coefficient (Wildman–Crippen LogP) is 5.13. The number of hydrazone groups is 1. The highest BCUT2D eigenvalue weighted by atomic mass is 16.5. The minimum absolute atomic E-state index is 0.277. The third kappa shape index (κ3) is 4.85. The van der Waals surface area contributed by atoms with Crippen molar-refractivity contribution < 1.29 is 14.3 Å². The first-order valence-electron chi connectivity index (χ1n) is 9.80. The zero-order chi connectivity index (χ0) is 21.6. The van der Waals surface area contributed by atoms with Crippen LogP contribution in [-0.4, -0.2) is 18.1 Å². The highest BCUT2D eigenvalue weighted by Crippen LogP contribution is 2.21. The SMILES string of the molecule is Cc1cccc(C(=O)NN=Cc2ccc(OC(=O)c3cccc4ccccc34)cc2)c1. The average molecular weight is 408 g/mol. The fourth-order valence-corrected chi connectivity index (χ4v) is 3.20. The molecule has 4 aromatic carbocycles. The first-order chi connectivity index (χ1) is 15.1. The summed E-state index contributed by atoms with van der Waals surface area (Å²) in [5.41, 5.74) is 5.33. The van der Waals surface area contributed by atoms with Crippen molar-refractivity contribution in [2.24, 2.45) is 5.10 Å². The van der Waals surface area contributed by atoms with Crippen molar-refractivity contribution in [2.45, 2.75) is 6.92 Å². The molecule has 0 atom stereocenters. The van der Waals surface area contributed by atoms with Crippen molar-refractivity contribution in [2.75, 3.05) is 0 Å². The van der Waals surface area contributed by atoms with E-state index < -0.39 is 5.97 Å². The van der Waals surface area contributed by atoms with Crippen LogP contribution in [0.25, 0.3) is 10.8 Å². The maximum Gasteiger partial charge on any atom is 0.344 e. The fraction of sp³-hybridized carbons (Fsp3) is 0.0385. The molecule has 0 bridgehead atoms. The van der Waals surface area contributed by atoms with Gasteiger partial charge >= 0.3 is 5.97 Å². The van der Waals surface area contributed by atoms with E-state index in [-0.39, 0.29) is 5.91 Å². The lowest BCUT2D eigenvalue weighted by Crippen LogP contribution is -2.17. The first kappa shape index (κ1) is 20.0. The Labute approximate surface area is 180 Å². The summed E-state index contributed by atoms with van der Waals surface area (Å²) in [4.78, 5) is 24.7. The summed E-state index contributed by atoms with van der Waals surface area (Å²) in [6.45, 7) is 1.93. The topological polar surface area (TPSA) is 67.8 Å². The number of rotatable bonds is 5. The number of esters is 1. The van der Waals surface area contributed by atoms with Crippen LogP contribution < -0.4 is 10.2 Å². The van der Waals surface area contributed by atoms with Crippen molar-refractivity contribution in [1.82, 2.24) is 5.43 Å². The molecule has 5 heteroatoms. The van der Waals surface area contributed by atoms with Crippen molar-refractivity contribution in [3.63, 3.8) is 0 Å². The van der Waals surface area contributed by atoms with Gasteiger partial charge in [-0.3, -0.25) is 4.79 Å². The molecule has 0 heterocycles. The predicted molar refractivity (Wildman–Crippen MR) is 122 cm³/mol. The highest BCUT2D eigenvalue weighted by molar-refractivity contribution is 6.05. The van der Waals surface area contributed by atoms with Gasteiger partial charge in [0.2, 0.25) is 0 Å². The van der Waals surface area contributed by atoms with Crippen LogP contribution >= 0.6 is 0 Å². The second kappa shape index (κ2) is 9.05. The van der Waals surface area contributed by atoms with E-state index in [4.69, 9.17) is 4.74 Å². The number of benzene rings is 4. The van der Waals surface area contributed by atoms with Gasteiger partial charge in [-0.1, -0.05) is 54.1 Å². The Morgan fingerprint density at radius 2 is 1.61 bits per heavy atom. The number of nitrogens with one attached hydrogen (secondary N) is 1. The van der Waals surface area contributed by atoms with E-state index in [1.807, 2.05) is 55.5 Å². The molecule has 0 aromatic heterocycles. The molecule has 5 nitrogen and oxygen atoms in total. The highest BCUT2D eigenvalue weighted by Gasteiger charge is 2.12. The van der Waals surface area contributed by atoms with Gasteiger partial charge in [-0.15, -0.1) is 0 Å². The van der Waals surface area contributed by atoms with Crippen molar-refractivity contribution in [1.29, 1.82) is 0 Å². The molecule has 152 valence electrons. The molecule has 1 amide bonds. The van der Waals surface area contributed by atoms with Crippen LogP contribution in [-0.2, 0) is 0 Å². The number of carbonyl (C=O) groups is 2. The molecule has 4 rings (SSSR count). The van der Waals surface area contributed by atoms with Gasteiger partial charge in [-0.25, -0.2) is 10.2 Å². The van der Waals surface area contributed by atoms with Crippen LogP contribution in [0.1, 0.15) is 31.8 Å². The summed E-state index contributed by atoms with van der Waals surface area (Å²) in [5.74, 6) is -0.261. The summed E-state index contributed by atoms with van der Waals surface area (Å²) in [6.07, 6.45) is 1.53. The number of fused-ring (bicyclic) bond motifs is 1. The molecule has 0 saturated carbocycles. The first-order valence-corrected chi connectivity index (χ1v) is 9.80. The Morgan fingerprint density at radius 3 is 2.42 bits per heavy atom. The molecule has 0 spiro atoms. The average Bonchev–Trinajstić information content (AvgIpc) is 2.79. The van der Waals surface area contributed by atoms with E-state index in [0.29, 0.717) is 16.9 Å². The van der Waals surface area contributed by atoms with E-state index >= 15 is 0 Å². The van der Waals surface area contributed by atoms with Crippen LogP contribution in [0.15, 0.2) is 96.1 Å². The number of aryl methyl sites for hydroxylation is 1. The lowest BCUT2D eigenvalue weighted by atomic mass is 10.0. The lowest BCUT2D eigenvalue weighted by Gasteiger charge is -2.07. The van der Waals surface area contributed by atoms with E-state index in [1.165, 1.54) is 6.21 Å². The molecule has 0 unspecified atom stereocenters. The molecule has 1 N–H and O–H groups in total. The molecule has 0 radical (unpaired) electrons. The van der Waals surface area contributed by atoms with Crippen LogP contribution in [0.3, 0.4) is 0 Å². The summed E-state index contributed by atoms with van der Waals surface area (Å²) in [6, 6.07) is 27.4. The lowest BCUT2D eigenvalue weighted by molar-refractivity contribution is 0.0736. The molecule has 0 saturated heterocycles. The molecule has 0 aliphatic rings. The molecule has 31 heavy (non-hydrogen) atoms. The maximum absolute atomic E-state index is 12.6. The minimum atomic E-state index is -0.413. The van der Waals surface area contributed by atoms with Crippen LogP contribution in [0.5, 0.6) is 5.75 Å². The van der Waals surface area contributed by atoms with E-state index in [0.717, 1.165) is 21.9 Å². The fourth-order valence-electron chi connectivity index (χ4n) is 3.20. The quantitative estimate of drug-likeness (QED) is 0.215. The van der Waals surface area contributed by atoms with Crippen LogP contribution in [0.2, 0.25) is 0 Å². The summed E-state index contributed by atoms with van der Waals surface area (Å²) in [7, 11) is 0. The zero-order valence-corrected chi connectivity index (χ0v) is 16.9. The van der Waals surface area contributed by atoms with E-state index in [2.05, 4.69) is 10.5 Å². The van der Waals surface area contributed by atoms with Gasteiger partial charge in [-0.05, 0) is 65.7 Å². The molecule has 0 aliphatic carbocycles. The molecule has 0 fully saturated rings. The number of amides is 1. The normalized spacial score (nSPS) is 10.9. The number of carbonyl (C=O) groups excluding carboxylic acids is 2. The maximum atomic E-state index is 12.6. The number of hydrogen-bond donors (Lipinski definition) is 1. The molecule has 4 aromatic rings. The Bertz CT molecular complexity index is 1270. The van der Waals surface area contributed by atoms with E-state index in [9.17, 15) is 9.59 Å². The summed E-state index contributed by atoms with van der Waals surface area (Å²) >= 11 is 0. The summed E-state index contributed by atoms with van der Waals surface area (Å²) in [5, 5.41) is 5.82. The smallest absolute Gasteiger partial charge is 0.344 e. The van der Waals surface area contributed by atoms with Gasteiger partial charge in [0.25, 0.3) is 5.91 Å². The molecular formula is C26H20N2O3. The Hall–Kier alpha value is -4.25. The monoisotopic (exact) mass is 408 g/mol. The van der Waals surface area contributed by atoms with Gasteiger partial charge in [0.1, 0.15) is 5.75 Å². The van der Waals surface area contributed by atoms with Gasteiger partial charge in [-0.2, -0.15) is 5.10 Å². The van der Waals surface area contributed by atoms with Gasteiger partial charge in [0.15, 0.2) is 0 Å². The number of nitrogens with zero attached hydrogens (tertiary/aromatic N) is 1. The molecule has 0 aliphatic heterocycles. The number of hydrogen-bond acceptors (Lipinski definition) is 4. The Morgan fingerprint density at radius 1 is 0.871 bits per heavy atom. The van der Waals surface area contributed by atoms with Gasteiger partial charge < -0.3 is 4.74 Å². The standard InChI is InChI=1S/C26H20N2O3/c1-18-6-4-9-21(16-18)25(29)28-27-17-19-12-14-22(15-13-19)31-26(30)24-11-5-8-20-7-2-3-10-23(20)24/h2-17H,1H3,(H,28,29). The minimum Gasteiger partial charge on any atom is -0.423 e. The van der Waals surface area contributed by atoms with Crippen molar-refractivity contribution >= 4 is 28.9 Å². The third-order valence-corrected chi connectivity index (χ3v) is 4.76.